The number of Topliss-reactive ketones (excluding diaryl/α,β-unsaturated/α-hetero) is 1. The van der Waals surface area contributed by atoms with E-state index in [9.17, 15) is 19.8 Å². The molecule has 0 saturated carbocycles. The highest BCUT2D eigenvalue weighted by molar-refractivity contribution is 7.09. The summed E-state index contributed by atoms with van der Waals surface area (Å²) in [5.41, 5.74) is 1.76. The number of hydrogen-bond acceptors (Lipinski definition) is 7. The number of nitrogens with zero attached hydrogens (tertiary/aromatic N) is 1. The number of aliphatic hydroxyl groups excluding tert-OH is 2. The number of ketones is 1. The summed E-state index contributed by atoms with van der Waals surface area (Å²) in [6.45, 7) is 15.2. The summed E-state index contributed by atoms with van der Waals surface area (Å²) in [5, 5.41) is 24.8. The first-order chi connectivity index (χ1) is 17.2. The number of aromatic nitrogens is 1. The van der Waals surface area contributed by atoms with Crippen molar-refractivity contribution in [3.8, 4) is 0 Å². The Hall–Kier alpha value is -1.83. The molecule has 1 aliphatic rings. The van der Waals surface area contributed by atoms with Crippen molar-refractivity contribution < 1.29 is 24.5 Å². The van der Waals surface area contributed by atoms with E-state index >= 15 is 0 Å². The van der Waals surface area contributed by atoms with Crippen LogP contribution in [0.25, 0.3) is 6.08 Å². The average molecular weight is 534 g/mol. The molecule has 0 spiro atoms. The SMILES string of the molecule is CC1=CC[C@@H](/C(C)=C/c2csc(C)n2)OC(=O)C[C@H](O)C(C)(C)C(=O)[C@H](C)[C@@H](O)[C@@H](C)CC(C)CCC1. The number of aryl methyl sites for hydroxylation is 1. The Bertz CT molecular complexity index is 978. The summed E-state index contributed by atoms with van der Waals surface area (Å²) in [6.07, 6.45) is 5.66. The second kappa shape index (κ2) is 13.8. The smallest absolute Gasteiger partial charge is 0.309 e. The largest absolute Gasteiger partial charge is 0.457 e. The molecule has 0 bridgehead atoms. The Morgan fingerprint density at radius 2 is 1.86 bits per heavy atom. The Morgan fingerprint density at radius 3 is 2.49 bits per heavy atom. The highest BCUT2D eigenvalue weighted by atomic mass is 32.1. The third-order valence-electron chi connectivity index (χ3n) is 7.85. The highest BCUT2D eigenvalue weighted by Gasteiger charge is 2.42. The minimum atomic E-state index is -1.22. The van der Waals surface area contributed by atoms with Crippen LogP contribution < -0.4 is 0 Å². The number of aliphatic hydroxyl groups is 2. The lowest BCUT2D eigenvalue weighted by Gasteiger charge is -2.35. The van der Waals surface area contributed by atoms with E-state index in [2.05, 4.69) is 24.9 Å². The molecule has 1 aromatic rings. The minimum Gasteiger partial charge on any atom is -0.457 e. The van der Waals surface area contributed by atoms with E-state index in [1.165, 1.54) is 5.57 Å². The predicted molar refractivity (Wildman–Crippen MR) is 150 cm³/mol. The fourth-order valence-electron chi connectivity index (χ4n) is 5.15. The molecule has 1 aliphatic heterocycles. The van der Waals surface area contributed by atoms with Crippen LogP contribution >= 0.6 is 11.3 Å². The van der Waals surface area contributed by atoms with Crippen molar-refractivity contribution in [1.29, 1.82) is 0 Å². The third-order valence-corrected chi connectivity index (χ3v) is 8.65. The lowest BCUT2D eigenvalue weighted by atomic mass is 9.72. The van der Waals surface area contributed by atoms with E-state index in [0.29, 0.717) is 12.3 Å². The van der Waals surface area contributed by atoms with Crippen molar-refractivity contribution in [2.24, 2.45) is 23.2 Å². The van der Waals surface area contributed by atoms with Gasteiger partial charge in [-0.2, -0.15) is 0 Å². The maximum atomic E-state index is 13.3. The molecule has 0 aromatic carbocycles. The second-order valence-corrected chi connectivity index (χ2v) is 12.8. The first-order valence-corrected chi connectivity index (χ1v) is 14.5. The standard InChI is InChI=1S/C30H47NO5S/c1-18-10-9-11-19(2)14-21(4)28(34)22(5)29(35)30(7,8)26(32)16-27(33)36-25(13-12-18)20(3)15-24-17-37-23(6)31-24/h12,15,17,19,21-22,25-26,28,32,34H,9-11,13-14,16H2,1-8H3/b18-12?,20-15+/t19?,21-,22+,25-,26-,28-/m0/s1. The number of carbonyl (C=O) groups excluding carboxylic acids is 2. The maximum absolute atomic E-state index is 13.3. The zero-order chi connectivity index (χ0) is 27.9. The predicted octanol–water partition coefficient (Wildman–Crippen LogP) is 6.29. The van der Waals surface area contributed by atoms with E-state index < -0.39 is 35.6 Å². The van der Waals surface area contributed by atoms with Gasteiger partial charge in [0.1, 0.15) is 11.9 Å². The molecule has 0 saturated heterocycles. The van der Waals surface area contributed by atoms with Gasteiger partial charge >= 0.3 is 5.97 Å². The number of rotatable bonds is 2. The van der Waals surface area contributed by atoms with Gasteiger partial charge in [-0.3, -0.25) is 9.59 Å². The van der Waals surface area contributed by atoms with E-state index in [0.717, 1.165) is 42.0 Å². The first-order valence-electron chi connectivity index (χ1n) is 13.6. The summed E-state index contributed by atoms with van der Waals surface area (Å²) in [4.78, 5) is 30.8. The molecule has 7 heteroatoms. The molecule has 1 unspecified atom stereocenters. The monoisotopic (exact) mass is 533 g/mol. The van der Waals surface area contributed by atoms with E-state index in [-0.39, 0.29) is 18.1 Å². The van der Waals surface area contributed by atoms with Crippen LogP contribution in [-0.4, -0.2) is 45.3 Å². The summed E-state index contributed by atoms with van der Waals surface area (Å²) in [5.74, 6) is -1.06. The molecule has 208 valence electrons. The fourth-order valence-corrected chi connectivity index (χ4v) is 5.72. The Morgan fingerprint density at radius 1 is 1.19 bits per heavy atom. The van der Waals surface area contributed by atoms with Crippen molar-refractivity contribution in [2.75, 3.05) is 0 Å². The minimum absolute atomic E-state index is 0.0422. The van der Waals surface area contributed by atoms with E-state index in [4.69, 9.17) is 4.74 Å². The molecule has 6 nitrogen and oxygen atoms in total. The number of hydrogen-bond donors (Lipinski definition) is 2. The molecule has 0 fully saturated rings. The number of ether oxygens (including phenoxy) is 1. The summed E-state index contributed by atoms with van der Waals surface area (Å²) in [7, 11) is 0. The fraction of sp³-hybridized carbons (Fsp3) is 0.700. The normalized spacial score (nSPS) is 31.7. The van der Waals surface area contributed by atoms with Gasteiger partial charge < -0.3 is 14.9 Å². The van der Waals surface area contributed by atoms with Gasteiger partial charge in [-0.05, 0) is 63.5 Å². The number of allylic oxidation sites excluding steroid dienone is 1. The van der Waals surface area contributed by atoms with Gasteiger partial charge in [-0.25, -0.2) is 4.98 Å². The van der Waals surface area contributed by atoms with Gasteiger partial charge in [0.15, 0.2) is 0 Å². The molecule has 37 heavy (non-hydrogen) atoms. The van der Waals surface area contributed by atoms with Crippen molar-refractivity contribution in [3.63, 3.8) is 0 Å². The highest BCUT2D eigenvalue weighted by Crippen LogP contribution is 2.33. The second-order valence-electron chi connectivity index (χ2n) is 11.7. The van der Waals surface area contributed by atoms with Crippen LogP contribution in [0.1, 0.15) is 97.7 Å². The van der Waals surface area contributed by atoms with E-state index in [1.807, 2.05) is 32.2 Å². The number of thiazole rings is 1. The quantitative estimate of drug-likeness (QED) is 0.342. The van der Waals surface area contributed by atoms with Crippen LogP contribution in [0.4, 0.5) is 0 Å². The molecular formula is C30H47NO5S. The van der Waals surface area contributed by atoms with Crippen LogP contribution in [0.3, 0.4) is 0 Å². The topological polar surface area (TPSA) is 96.7 Å². The molecular weight excluding hydrogens is 486 g/mol. The van der Waals surface area contributed by atoms with E-state index in [1.54, 1.807) is 32.1 Å². The number of carbonyl (C=O) groups is 2. The lowest BCUT2D eigenvalue weighted by molar-refractivity contribution is -0.154. The van der Waals surface area contributed by atoms with Gasteiger partial charge in [0.2, 0.25) is 0 Å². The van der Waals surface area contributed by atoms with Crippen molar-refractivity contribution in [1.82, 2.24) is 4.98 Å². The molecule has 0 radical (unpaired) electrons. The van der Waals surface area contributed by atoms with Crippen molar-refractivity contribution >= 4 is 29.2 Å². The van der Waals surface area contributed by atoms with Crippen molar-refractivity contribution in [2.45, 2.75) is 112 Å². The molecule has 2 rings (SSSR count). The first kappa shape index (κ1) is 31.4. The average Bonchev–Trinajstić information content (AvgIpc) is 3.23. The van der Waals surface area contributed by atoms with Gasteiger partial charge in [0.05, 0.1) is 34.7 Å². The van der Waals surface area contributed by atoms with Gasteiger partial charge in [0, 0.05) is 17.7 Å². The molecule has 2 heterocycles. The van der Waals surface area contributed by atoms with Gasteiger partial charge in [-0.1, -0.05) is 52.7 Å². The Balaban J connectivity index is 2.33. The zero-order valence-corrected chi connectivity index (χ0v) is 24.7. The van der Waals surface area contributed by atoms with Crippen LogP contribution in [-0.2, 0) is 14.3 Å². The molecule has 2 N–H and O–H groups in total. The van der Waals surface area contributed by atoms with Crippen LogP contribution in [0.15, 0.2) is 22.6 Å². The van der Waals surface area contributed by atoms with Gasteiger partial charge in [-0.15, -0.1) is 11.3 Å². The van der Waals surface area contributed by atoms with Gasteiger partial charge in [0.25, 0.3) is 0 Å². The zero-order valence-electron chi connectivity index (χ0n) is 23.9. The Labute approximate surface area is 227 Å². The van der Waals surface area contributed by atoms with Crippen LogP contribution in [0.2, 0.25) is 0 Å². The summed E-state index contributed by atoms with van der Waals surface area (Å²) >= 11 is 1.57. The summed E-state index contributed by atoms with van der Waals surface area (Å²) < 4.78 is 5.87. The van der Waals surface area contributed by atoms with Crippen molar-refractivity contribution in [3.05, 3.63) is 33.3 Å². The third kappa shape index (κ3) is 9.15. The molecule has 0 amide bonds. The van der Waals surface area contributed by atoms with Crippen LogP contribution in [0.5, 0.6) is 0 Å². The molecule has 0 aliphatic carbocycles. The summed E-state index contributed by atoms with van der Waals surface area (Å²) in [6, 6.07) is 0. The number of esters is 1. The molecule has 1 aromatic heterocycles. The Kier molecular flexibility index (Phi) is 11.7. The molecule has 6 atom stereocenters. The number of cyclic esters (lactones) is 1. The lowest BCUT2D eigenvalue weighted by Crippen LogP contribution is -2.45. The maximum Gasteiger partial charge on any atom is 0.309 e. The van der Waals surface area contributed by atoms with Crippen LogP contribution in [0, 0.1) is 30.1 Å².